The topological polar surface area (TPSA) is 57.9 Å². The summed E-state index contributed by atoms with van der Waals surface area (Å²) in [6.07, 6.45) is 1.71. The highest BCUT2D eigenvalue weighted by Gasteiger charge is 2.07. The van der Waals surface area contributed by atoms with Gasteiger partial charge in [0.05, 0.1) is 11.9 Å². The number of anilines is 2. The summed E-state index contributed by atoms with van der Waals surface area (Å²) >= 11 is 5.92. The van der Waals surface area contributed by atoms with Gasteiger partial charge < -0.3 is 10.6 Å². The average Bonchev–Trinajstić information content (AvgIpc) is 2.64. The normalized spacial score (nSPS) is 10.4. The number of halogens is 1. The van der Waals surface area contributed by atoms with Crippen molar-refractivity contribution in [1.29, 1.82) is 0 Å². The molecule has 0 aliphatic heterocycles. The van der Waals surface area contributed by atoms with Crippen molar-refractivity contribution in [2.75, 3.05) is 17.7 Å². The molecule has 84 valence electrons. The predicted octanol–water partition coefficient (Wildman–Crippen LogP) is 2.28. The Morgan fingerprint density at radius 3 is 2.94 bits per heavy atom. The van der Waals surface area contributed by atoms with Crippen molar-refractivity contribution in [3.63, 3.8) is 0 Å². The van der Waals surface area contributed by atoms with Gasteiger partial charge in [-0.15, -0.1) is 0 Å². The van der Waals surface area contributed by atoms with E-state index in [-0.39, 0.29) is 0 Å². The number of H-pyrrole nitrogens is 1. The van der Waals surface area contributed by atoms with E-state index in [4.69, 9.17) is 17.3 Å². The largest absolute Gasteiger partial charge is 0.382 e. The van der Waals surface area contributed by atoms with Crippen LogP contribution in [0.25, 0.3) is 0 Å². The van der Waals surface area contributed by atoms with Crippen LogP contribution < -0.4 is 10.6 Å². The maximum absolute atomic E-state index is 5.92. The van der Waals surface area contributed by atoms with Crippen molar-refractivity contribution >= 4 is 23.1 Å². The number of benzene rings is 1. The second kappa shape index (κ2) is 4.45. The first kappa shape index (κ1) is 10.8. The van der Waals surface area contributed by atoms with E-state index in [9.17, 15) is 0 Å². The molecular weight excluding hydrogens is 224 g/mol. The van der Waals surface area contributed by atoms with Crippen molar-refractivity contribution in [2.24, 2.45) is 0 Å². The number of nitrogens with zero attached hydrogens (tertiary/aromatic N) is 2. The summed E-state index contributed by atoms with van der Waals surface area (Å²) in [5.74, 6) is 0.574. The molecule has 0 aliphatic rings. The number of hydrogen-bond acceptors (Lipinski definition) is 3. The van der Waals surface area contributed by atoms with E-state index in [0.29, 0.717) is 5.82 Å². The summed E-state index contributed by atoms with van der Waals surface area (Å²) in [5, 5.41) is 7.33. The van der Waals surface area contributed by atoms with Crippen LogP contribution in [0.2, 0.25) is 5.02 Å². The van der Waals surface area contributed by atoms with Crippen LogP contribution >= 0.6 is 11.6 Å². The zero-order valence-electron chi connectivity index (χ0n) is 8.94. The van der Waals surface area contributed by atoms with Crippen molar-refractivity contribution in [3.05, 3.63) is 41.0 Å². The quantitative estimate of drug-likeness (QED) is 0.860. The first-order valence-electron chi connectivity index (χ1n) is 4.91. The van der Waals surface area contributed by atoms with Gasteiger partial charge in [0.25, 0.3) is 0 Å². The molecule has 1 aromatic heterocycles. The van der Waals surface area contributed by atoms with E-state index in [1.165, 1.54) is 0 Å². The first-order valence-corrected chi connectivity index (χ1v) is 5.29. The molecule has 0 fully saturated rings. The lowest BCUT2D eigenvalue weighted by atomic mass is 10.2. The summed E-state index contributed by atoms with van der Waals surface area (Å²) in [6, 6.07) is 7.76. The number of aromatic nitrogens is 2. The molecule has 0 amide bonds. The van der Waals surface area contributed by atoms with E-state index in [1.54, 1.807) is 6.20 Å². The molecule has 5 heteroatoms. The number of aromatic amines is 1. The number of nitrogen functional groups attached to an aromatic ring is 1. The molecule has 1 aromatic carbocycles. The third-order valence-corrected chi connectivity index (χ3v) is 2.60. The Bertz CT molecular complexity index is 480. The minimum absolute atomic E-state index is 0.574. The van der Waals surface area contributed by atoms with E-state index in [2.05, 4.69) is 10.2 Å². The smallest absolute Gasteiger partial charge is 0.142 e. The Balaban J connectivity index is 2.14. The minimum Gasteiger partial charge on any atom is -0.382 e. The van der Waals surface area contributed by atoms with Crippen molar-refractivity contribution in [3.8, 4) is 0 Å². The fourth-order valence-corrected chi connectivity index (χ4v) is 1.80. The molecule has 1 heterocycles. The zero-order valence-corrected chi connectivity index (χ0v) is 9.70. The van der Waals surface area contributed by atoms with Gasteiger partial charge in [0.2, 0.25) is 0 Å². The van der Waals surface area contributed by atoms with Gasteiger partial charge in [0, 0.05) is 18.6 Å². The summed E-state index contributed by atoms with van der Waals surface area (Å²) in [4.78, 5) is 2.02. The summed E-state index contributed by atoms with van der Waals surface area (Å²) in [7, 11) is 1.96. The summed E-state index contributed by atoms with van der Waals surface area (Å²) in [6.45, 7) is 0.740. The van der Waals surface area contributed by atoms with Gasteiger partial charge in [-0.3, -0.25) is 5.10 Å². The number of nitrogens with two attached hydrogens (primary N) is 1. The van der Waals surface area contributed by atoms with Crippen LogP contribution in [0.5, 0.6) is 0 Å². The fraction of sp³-hybridized carbons (Fsp3) is 0.182. The monoisotopic (exact) mass is 236 g/mol. The van der Waals surface area contributed by atoms with E-state index < -0.39 is 0 Å². The highest BCUT2D eigenvalue weighted by atomic mass is 35.5. The molecule has 0 bridgehead atoms. The van der Waals surface area contributed by atoms with Crippen molar-refractivity contribution < 1.29 is 0 Å². The SMILES string of the molecule is CN(Cc1cccc(Cl)c1)c1cn[nH]c1N. The van der Waals surface area contributed by atoms with E-state index in [1.807, 2.05) is 36.2 Å². The van der Waals surface area contributed by atoms with Gasteiger partial charge >= 0.3 is 0 Å². The molecule has 0 spiro atoms. The van der Waals surface area contributed by atoms with Crippen LogP contribution in [0.4, 0.5) is 11.5 Å². The van der Waals surface area contributed by atoms with Gasteiger partial charge in [0.15, 0.2) is 0 Å². The summed E-state index contributed by atoms with van der Waals surface area (Å²) < 4.78 is 0. The van der Waals surface area contributed by atoms with Crippen LogP contribution in [0.1, 0.15) is 5.56 Å². The van der Waals surface area contributed by atoms with Crippen LogP contribution in [0.3, 0.4) is 0 Å². The maximum atomic E-state index is 5.92. The predicted molar refractivity (Wildman–Crippen MR) is 66.6 cm³/mol. The number of rotatable bonds is 3. The molecule has 0 atom stereocenters. The first-order chi connectivity index (χ1) is 7.66. The molecule has 4 nitrogen and oxygen atoms in total. The van der Waals surface area contributed by atoms with Crippen molar-refractivity contribution in [1.82, 2.24) is 10.2 Å². The molecule has 2 rings (SSSR count). The number of nitrogens with one attached hydrogen (secondary N) is 1. The Morgan fingerprint density at radius 1 is 1.50 bits per heavy atom. The van der Waals surface area contributed by atoms with Gasteiger partial charge in [0.1, 0.15) is 5.82 Å². The third kappa shape index (κ3) is 2.28. The van der Waals surface area contributed by atoms with Gasteiger partial charge in [-0.2, -0.15) is 5.10 Å². The second-order valence-electron chi connectivity index (χ2n) is 3.65. The molecule has 0 saturated carbocycles. The summed E-state index contributed by atoms with van der Waals surface area (Å²) in [5.41, 5.74) is 7.76. The molecular formula is C11H13ClN4. The Kier molecular flexibility index (Phi) is 3.01. The Labute approximate surface area is 99.0 Å². The van der Waals surface area contributed by atoms with Gasteiger partial charge in [-0.1, -0.05) is 23.7 Å². The standard InChI is InChI=1S/C11H13ClN4/c1-16(10-6-14-15-11(10)13)7-8-3-2-4-9(12)5-8/h2-6H,7H2,1H3,(H3,13,14,15). The lowest BCUT2D eigenvalue weighted by molar-refractivity contribution is 0.925. The molecule has 0 unspecified atom stereocenters. The zero-order chi connectivity index (χ0) is 11.5. The Hall–Kier alpha value is -1.68. The second-order valence-corrected chi connectivity index (χ2v) is 4.09. The lowest BCUT2D eigenvalue weighted by Gasteiger charge is -2.17. The maximum Gasteiger partial charge on any atom is 0.142 e. The highest BCUT2D eigenvalue weighted by Crippen LogP contribution is 2.21. The number of hydrogen-bond donors (Lipinski definition) is 2. The molecule has 3 N–H and O–H groups in total. The third-order valence-electron chi connectivity index (χ3n) is 2.37. The fourth-order valence-electron chi connectivity index (χ4n) is 1.59. The van der Waals surface area contributed by atoms with E-state index >= 15 is 0 Å². The lowest BCUT2D eigenvalue weighted by Crippen LogP contribution is -2.16. The van der Waals surface area contributed by atoms with Crippen LogP contribution in [0, 0.1) is 0 Å². The van der Waals surface area contributed by atoms with Crippen LogP contribution in [-0.2, 0) is 6.54 Å². The van der Waals surface area contributed by atoms with Crippen molar-refractivity contribution in [2.45, 2.75) is 6.54 Å². The molecule has 2 aromatic rings. The molecule has 0 radical (unpaired) electrons. The van der Waals surface area contributed by atoms with E-state index in [0.717, 1.165) is 22.8 Å². The molecule has 0 aliphatic carbocycles. The highest BCUT2D eigenvalue weighted by molar-refractivity contribution is 6.30. The minimum atomic E-state index is 0.574. The van der Waals surface area contributed by atoms with Crippen LogP contribution in [-0.4, -0.2) is 17.2 Å². The molecule has 16 heavy (non-hydrogen) atoms. The van der Waals surface area contributed by atoms with Crippen LogP contribution in [0.15, 0.2) is 30.5 Å². The van der Waals surface area contributed by atoms with Gasteiger partial charge in [-0.25, -0.2) is 0 Å². The molecule has 0 saturated heterocycles. The van der Waals surface area contributed by atoms with Gasteiger partial charge in [-0.05, 0) is 17.7 Å². The average molecular weight is 237 g/mol. The Morgan fingerprint density at radius 2 is 2.31 bits per heavy atom.